The number of halogens is 3. The topological polar surface area (TPSA) is 88.5 Å². The molecule has 51 heavy (non-hydrogen) atoms. The molecule has 3 fully saturated rings. The fourth-order valence-electron chi connectivity index (χ4n) is 8.88. The van der Waals surface area contributed by atoms with Gasteiger partial charge in [-0.3, -0.25) is 28.6 Å². The third kappa shape index (κ3) is 5.56. The van der Waals surface area contributed by atoms with Gasteiger partial charge in [-0.15, -0.1) is 11.8 Å². The molecule has 7 unspecified atom stereocenters. The number of fused-ring (bicyclic) bond motifs is 9. The van der Waals surface area contributed by atoms with E-state index in [2.05, 4.69) is 50.4 Å². The Labute approximate surface area is 301 Å². The molecule has 4 aromatic rings. The zero-order valence-electron chi connectivity index (χ0n) is 28.4. The number of nitrogens with zero attached hydrogens (tertiary/aromatic N) is 2. The Hall–Kier alpha value is -4.16. The van der Waals surface area contributed by atoms with Crippen LogP contribution in [0, 0.1) is 36.5 Å². The van der Waals surface area contributed by atoms with Gasteiger partial charge < -0.3 is 5.32 Å². The van der Waals surface area contributed by atoms with E-state index in [4.69, 9.17) is 0 Å². The van der Waals surface area contributed by atoms with Crippen molar-refractivity contribution in [2.75, 3.05) is 10.2 Å². The van der Waals surface area contributed by atoms with Crippen molar-refractivity contribution in [2.45, 2.75) is 68.4 Å². The molecular weight excluding hydrogens is 696 g/mol. The molecule has 2 bridgehead atoms. The second kappa shape index (κ2) is 11.9. The van der Waals surface area contributed by atoms with Gasteiger partial charge in [0.05, 0.1) is 28.1 Å². The quantitative estimate of drug-likeness (QED) is 0.211. The number of alkyl halides is 3. The molecule has 4 aliphatic rings. The van der Waals surface area contributed by atoms with E-state index in [1.165, 1.54) is 33.4 Å². The molecule has 1 saturated heterocycles. The van der Waals surface area contributed by atoms with Gasteiger partial charge in [-0.05, 0) is 78.0 Å². The van der Waals surface area contributed by atoms with Gasteiger partial charge in [0.15, 0.2) is 0 Å². The largest absolute Gasteiger partial charge is 0.416 e. The Bertz CT molecular complexity index is 2130. The van der Waals surface area contributed by atoms with Crippen LogP contribution in [-0.2, 0) is 32.5 Å². The standard InChI is InChI=1S/C39H36F3N3O4S2/c1-19-8-14-24(15-9-19)45-34(47)30-25-17-26(31(30)35(45)48)32-29(25)28(20-10-12-21(13-11-20)38(2,3)4)33-36(50-32)44(37(49)51-33)18-27(46)43-23-7-5-6-22(16-23)39(40,41)42/h5-16,25-26,28-32H,17-18H2,1-4H3,(H,43,46). The average molecular weight is 732 g/mol. The van der Waals surface area contributed by atoms with Crippen LogP contribution in [0.25, 0.3) is 0 Å². The summed E-state index contributed by atoms with van der Waals surface area (Å²) in [5.74, 6) is -2.30. The maximum atomic E-state index is 14.1. The summed E-state index contributed by atoms with van der Waals surface area (Å²) in [7, 11) is 0. The zero-order chi connectivity index (χ0) is 36.1. The van der Waals surface area contributed by atoms with Crippen molar-refractivity contribution in [2.24, 2.45) is 29.6 Å². The first kappa shape index (κ1) is 34.0. The highest BCUT2D eigenvalue weighted by Crippen LogP contribution is 2.69. The van der Waals surface area contributed by atoms with Crippen molar-refractivity contribution in [3.63, 3.8) is 0 Å². The Balaban J connectivity index is 1.17. The highest BCUT2D eigenvalue weighted by atomic mass is 32.2. The summed E-state index contributed by atoms with van der Waals surface area (Å²) in [5, 5.41) is 3.10. The third-order valence-corrected chi connectivity index (χ3v) is 13.9. The molecule has 2 saturated carbocycles. The number of carbonyl (C=O) groups excluding carboxylic acids is 3. The lowest BCUT2D eigenvalue weighted by Gasteiger charge is -2.43. The number of hydrogen-bond donors (Lipinski definition) is 1. The van der Waals surface area contributed by atoms with Crippen LogP contribution < -0.4 is 15.1 Å². The van der Waals surface area contributed by atoms with Crippen LogP contribution in [-0.4, -0.2) is 27.5 Å². The van der Waals surface area contributed by atoms with E-state index in [0.717, 1.165) is 51.5 Å². The number of carbonyl (C=O) groups is 3. The lowest BCUT2D eigenvalue weighted by Crippen LogP contribution is -2.43. The van der Waals surface area contributed by atoms with E-state index >= 15 is 0 Å². The average Bonchev–Trinajstić information content (AvgIpc) is 3.79. The normalized spacial score (nSPS) is 26.6. The molecule has 7 atom stereocenters. The van der Waals surface area contributed by atoms with Crippen molar-refractivity contribution in [3.8, 4) is 0 Å². The molecule has 0 radical (unpaired) electrons. The fourth-order valence-corrected chi connectivity index (χ4v) is 12.0. The fraction of sp³-hybridized carbons (Fsp3) is 0.385. The first-order valence-electron chi connectivity index (χ1n) is 17.0. The first-order valence-corrected chi connectivity index (χ1v) is 18.7. The van der Waals surface area contributed by atoms with Crippen LogP contribution >= 0.6 is 23.1 Å². The van der Waals surface area contributed by atoms with Gasteiger partial charge in [-0.2, -0.15) is 13.2 Å². The van der Waals surface area contributed by atoms with Gasteiger partial charge in [-0.25, -0.2) is 0 Å². The summed E-state index contributed by atoms with van der Waals surface area (Å²) < 4.78 is 41.4. The van der Waals surface area contributed by atoms with E-state index < -0.39 is 29.5 Å². The summed E-state index contributed by atoms with van der Waals surface area (Å²) in [5.41, 5.74) is 2.80. The van der Waals surface area contributed by atoms with Gasteiger partial charge in [0.25, 0.3) is 0 Å². The number of hydrogen-bond acceptors (Lipinski definition) is 6. The van der Waals surface area contributed by atoms with Gasteiger partial charge in [0.2, 0.25) is 17.7 Å². The minimum Gasteiger partial charge on any atom is -0.325 e. The maximum absolute atomic E-state index is 14.1. The van der Waals surface area contributed by atoms with Crippen LogP contribution in [0.15, 0.2) is 82.6 Å². The van der Waals surface area contributed by atoms with Crippen molar-refractivity contribution >= 4 is 52.2 Å². The molecule has 2 aliphatic carbocycles. The van der Waals surface area contributed by atoms with E-state index in [1.807, 2.05) is 31.2 Å². The second-order valence-corrected chi connectivity index (χ2v) is 17.4. The highest BCUT2D eigenvalue weighted by Gasteiger charge is 2.69. The molecule has 1 aromatic heterocycles. The van der Waals surface area contributed by atoms with Crippen LogP contribution in [0.4, 0.5) is 24.5 Å². The molecule has 264 valence electrons. The first-order chi connectivity index (χ1) is 24.1. The number of nitrogens with one attached hydrogen (secondary N) is 1. The van der Waals surface area contributed by atoms with Crippen LogP contribution in [0.5, 0.6) is 0 Å². The van der Waals surface area contributed by atoms with Crippen molar-refractivity contribution < 1.29 is 27.6 Å². The Morgan fingerprint density at radius 2 is 1.55 bits per heavy atom. The number of rotatable bonds is 5. The molecule has 2 aliphatic heterocycles. The number of thiazole rings is 1. The van der Waals surface area contributed by atoms with E-state index in [1.54, 1.807) is 0 Å². The SMILES string of the molecule is Cc1ccc(N2C(=O)C3C4CC(C3C2=O)C2C(c3ccc(C(C)(C)C)cc3)c3sc(=O)n(CC(=O)Nc5cccc(C(F)(F)F)c5)c3SC42)cc1. The predicted octanol–water partition coefficient (Wildman–Crippen LogP) is 7.85. The molecular formula is C39H36F3N3O4S2. The Morgan fingerprint density at radius 1 is 0.882 bits per heavy atom. The summed E-state index contributed by atoms with van der Waals surface area (Å²) in [6.07, 6.45) is -3.85. The highest BCUT2D eigenvalue weighted by molar-refractivity contribution is 8.00. The van der Waals surface area contributed by atoms with Gasteiger partial charge in [-0.1, -0.05) is 80.1 Å². The van der Waals surface area contributed by atoms with Crippen LogP contribution in [0.2, 0.25) is 0 Å². The number of imide groups is 1. The Morgan fingerprint density at radius 3 is 2.20 bits per heavy atom. The van der Waals surface area contributed by atoms with E-state index in [0.29, 0.717) is 10.7 Å². The molecule has 1 N–H and O–H groups in total. The van der Waals surface area contributed by atoms with Crippen molar-refractivity contribution in [1.29, 1.82) is 0 Å². The summed E-state index contributed by atoms with van der Waals surface area (Å²) in [4.78, 5) is 57.0. The molecule has 3 heterocycles. The monoisotopic (exact) mass is 731 g/mol. The number of thioether (sulfide) groups is 1. The molecule has 3 amide bonds. The minimum absolute atomic E-state index is 0.0156. The number of amides is 3. The van der Waals surface area contributed by atoms with Gasteiger partial charge in [0, 0.05) is 21.7 Å². The molecule has 3 aromatic carbocycles. The molecule has 8 rings (SSSR count). The van der Waals surface area contributed by atoms with E-state index in [-0.39, 0.29) is 63.3 Å². The van der Waals surface area contributed by atoms with Crippen LogP contribution in [0.3, 0.4) is 0 Å². The second-order valence-electron chi connectivity index (χ2n) is 15.2. The molecule has 7 nitrogen and oxygen atoms in total. The number of benzene rings is 3. The third-order valence-electron chi connectivity index (χ3n) is 11.2. The zero-order valence-corrected chi connectivity index (χ0v) is 30.0. The lowest BCUT2D eigenvalue weighted by atomic mass is 9.68. The van der Waals surface area contributed by atoms with Crippen molar-refractivity contribution in [3.05, 3.63) is 110 Å². The van der Waals surface area contributed by atoms with Gasteiger partial charge >= 0.3 is 11.0 Å². The maximum Gasteiger partial charge on any atom is 0.416 e. The smallest absolute Gasteiger partial charge is 0.325 e. The molecule has 0 spiro atoms. The summed E-state index contributed by atoms with van der Waals surface area (Å²) in [6, 6.07) is 20.2. The number of anilines is 2. The lowest BCUT2D eigenvalue weighted by molar-refractivity contribution is -0.137. The minimum atomic E-state index is -4.57. The van der Waals surface area contributed by atoms with E-state index in [9.17, 15) is 32.3 Å². The van der Waals surface area contributed by atoms with Gasteiger partial charge in [0.1, 0.15) is 6.54 Å². The van der Waals surface area contributed by atoms with Crippen molar-refractivity contribution in [1.82, 2.24) is 4.57 Å². The number of aryl methyl sites for hydroxylation is 1. The van der Waals surface area contributed by atoms with Crippen LogP contribution in [0.1, 0.15) is 60.2 Å². The Kier molecular flexibility index (Phi) is 7.95. The summed E-state index contributed by atoms with van der Waals surface area (Å²) >= 11 is 2.59. The predicted molar refractivity (Wildman–Crippen MR) is 191 cm³/mol. The summed E-state index contributed by atoms with van der Waals surface area (Å²) in [6.45, 7) is 8.00. The number of aromatic nitrogens is 1. The molecule has 12 heteroatoms.